The van der Waals surface area contributed by atoms with E-state index in [4.69, 9.17) is 0 Å². The molecule has 6 nitrogen and oxygen atoms in total. The minimum atomic E-state index is -0.165. The van der Waals surface area contributed by atoms with Gasteiger partial charge in [0.25, 0.3) is 0 Å². The van der Waals surface area contributed by atoms with Crippen LogP contribution in [-0.4, -0.2) is 32.8 Å². The van der Waals surface area contributed by atoms with Crippen LogP contribution in [0, 0.1) is 17.2 Å². The highest BCUT2D eigenvalue weighted by molar-refractivity contribution is 5.56. The highest BCUT2D eigenvalue weighted by Gasteiger charge is 2.57. The first-order valence-electron chi connectivity index (χ1n) is 8.16. The average molecular weight is 299 g/mol. The summed E-state index contributed by atoms with van der Waals surface area (Å²) in [5.74, 6) is 2.12. The first-order chi connectivity index (χ1) is 10.7. The molecule has 4 aliphatic rings. The lowest BCUT2D eigenvalue weighted by Crippen LogP contribution is -2.63. The van der Waals surface area contributed by atoms with Gasteiger partial charge in [0.05, 0.1) is 12.3 Å². The minimum absolute atomic E-state index is 0.165. The fraction of sp³-hybridized carbons (Fsp3) is 0.688. The van der Waals surface area contributed by atoms with Crippen LogP contribution in [0.2, 0.25) is 0 Å². The van der Waals surface area contributed by atoms with Crippen LogP contribution in [0.25, 0.3) is 0 Å². The van der Waals surface area contributed by atoms with Crippen molar-refractivity contribution < 1.29 is 5.11 Å². The van der Waals surface area contributed by atoms with Crippen LogP contribution < -0.4 is 10.6 Å². The van der Waals surface area contributed by atoms with Crippen molar-refractivity contribution in [2.24, 2.45) is 5.92 Å². The second kappa shape index (κ2) is 5.10. The molecule has 0 aromatic carbocycles. The summed E-state index contributed by atoms with van der Waals surface area (Å²) in [6.45, 7) is 0. The molecule has 0 radical (unpaired) electrons. The normalized spacial score (nSPS) is 35.7. The molecule has 0 unspecified atom stereocenters. The van der Waals surface area contributed by atoms with E-state index in [-0.39, 0.29) is 11.6 Å². The quantitative estimate of drug-likeness (QED) is 0.787. The van der Waals surface area contributed by atoms with E-state index in [0.29, 0.717) is 23.4 Å². The number of aliphatic hydroxyl groups is 1. The van der Waals surface area contributed by atoms with Crippen molar-refractivity contribution in [3.8, 4) is 6.07 Å². The molecule has 0 saturated heterocycles. The van der Waals surface area contributed by atoms with Gasteiger partial charge in [-0.2, -0.15) is 10.2 Å². The van der Waals surface area contributed by atoms with Crippen LogP contribution in [0.5, 0.6) is 0 Å². The van der Waals surface area contributed by atoms with Gasteiger partial charge < -0.3 is 15.7 Å². The van der Waals surface area contributed by atoms with Crippen molar-refractivity contribution in [3.05, 3.63) is 11.8 Å². The standard InChI is InChI=1S/C16H21N5O/c17-8-11-9-18-15(19-12-1-3-13(22)4-2-12)20-14(11)21-16-5-10(6-16)7-16/h9-10,12-13,22H,1-7H2,(H2,18,19,20,21). The van der Waals surface area contributed by atoms with Crippen molar-refractivity contribution in [2.45, 2.75) is 62.6 Å². The Kier molecular flexibility index (Phi) is 3.19. The first-order valence-corrected chi connectivity index (χ1v) is 8.16. The van der Waals surface area contributed by atoms with Gasteiger partial charge in [0.15, 0.2) is 0 Å². The van der Waals surface area contributed by atoms with Gasteiger partial charge in [0.2, 0.25) is 5.95 Å². The number of nitriles is 1. The molecule has 1 aromatic heterocycles. The number of anilines is 2. The maximum absolute atomic E-state index is 9.57. The molecule has 1 aromatic rings. The molecule has 5 rings (SSSR count). The minimum Gasteiger partial charge on any atom is -0.393 e. The Balaban J connectivity index is 1.47. The molecule has 4 fully saturated rings. The molecule has 3 N–H and O–H groups in total. The van der Waals surface area contributed by atoms with Crippen LogP contribution in [-0.2, 0) is 0 Å². The number of aliphatic hydroxyl groups excluding tert-OH is 1. The van der Waals surface area contributed by atoms with Gasteiger partial charge in [-0.15, -0.1) is 0 Å². The maximum Gasteiger partial charge on any atom is 0.224 e. The van der Waals surface area contributed by atoms with Crippen LogP contribution in [0.4, 0.5) is 11.8 Å². The summed E-state index contributed by atoms with van der Waals surface area (Å²) in [6, 6.07) is 2.48. The molecule has 4 saturated carbocycles. The van der Waals surface area contributed by atoms with Crippen molar-refractivity contribution in [1.82, 2.24) is 9.97 Å². The van der Waals surface area contributed by atoms with Crippen molar-refractivity contribution in [3.63, 3.8) is 0 Å². The highest BCUT2D eigenvalue weighted by atomic mass is 16.3. The van der Waals surface area contributed by atoms with Gasteiger partial charge in [-0.3, -0.25) is 0 Å². The molecule has 0 amide bonds. The second-order valence-corrected chi connectivity index (χ2v) is 7.10. The van der Waals surface area contributed by atoms with Gasteiger partial charge in [0.1, 0.15) is 17.5 Å². The fourth-order valence-electron chi connectivity index (χ4n) is 3.91. The van der Waals surface area contributed by atoms with Gasteiger partial charge in [-0.25, -0.2) is 4.98 Å². The highest BCUT2D eigenvalue weighted by Crippen LogP contribution is 2.58. The number of nitrogens with one attached hydrogen (secondary N) is 2. The smallest absolute Gasteiger partial charge is 0.224 e. The average Bonchev–Trinajstić information content (AvgIpc) is 2.44. The van der Waals surface area contributed by atoms with E-state index >= 15 is 0 Å². The maximum atomic E-state index is 9.57. The molecule has 4 aliphatic carbocycles. The Morgan fingerprint density at radius 1 is 1.23 bits per heavy atom. The zero-order chi connectivity index (χ0) is 15.2. The van der Waals surface area contributed by atoms with E-state index in [1.165, 1.54) is 19.3 Å². The van der Waals surface area contributed by atoms with E-state index in [9.17, 15) is 10.4 Å². The zero-order valence-electron chi connectivity index (χ0n) is 12.5. The molecular weight excluding hydrogens is 278 g/mol. The lowest BCUT2D eigenvalue weighted by atomic mass is 9.50. The lowest BCUT2D eigenvalue weighted by molar-refractivity contribution is 0.00179. The monoisotopic (exact) mass is 299 g/mol. The summed E-state index contributed by atoms with van der Waals surface area (Å²) >= 11 is 0. The number of rotatable bonds is 4. The van der Waals surface area contributed by atoms with Gasteiger partial charge in [-0.1, -0.05) is 0 Å². The molecule has 6 heteroatoms. The van der Waals surface area contributed by atoms with E-state index in [1.807, 2.05) is 0 Å². The predicted octanol–water partition coefficient (Wildman–Crippen LogP) is 2.03. The van der Waals surface area contributed by atoms with Gasteiger partial charge in [-0.05, 0) is 50.9 Å². The summed E-state index contributed by atoms with van der Waals surface area (Å²) in [5, 5.41) is 25.6. The van der Waals surface area contributed by atoms with E-state index in [0.717, 1.165) is 31.6 Å². The fourth-order valence-corrected chi connectivity index (χ4v) is 3.91. The third kappa shape index (κ3) is 2.40. The molecular formula is C16H21N5O. The summed E-state index contributed by atoms with van der Waals surface area (Å²) in [4.78, 5) is 8.79. The van der Waals surface area contributed by atoms with Gasteiger partial charge >= 0.3 is 0 Å². The van der Waals surface area contributed by atoms with Crippen LogP contribution in [0.1, 0.15) is 50.5 Å². The number of nitrogens with zero attached hydrogens (tertiary/aromatic N) is 3. The number of hydrogen-bond donors (Lipinski definition) is 3. The Morgan fingerprint density at radius 2 is 1.95 bits per heavy atom. The summed E-state index contributed by atoms with van der Waals surface area (Å²) in [7, 11) is 0. The van der Waals surface area contributed by atoms with Crippen molar-refractivity contribution >= 4 is 11.8 Å². The van der Waals surface area contributed by atoms with E-state index in [2.05, 4.69) is 26.7 Å². The van der Waals surface area contributed by atoms with Crippen molar-refractivity contribution in [1.29, 1.82) is 5.26 Å². The molecule has 0 spiro atoms. The number of aromatic nitrogens is 2. The SMILES string of the molecule is N#Cc1cnc(NC2CCC(O)CC2)nc1NC12CC(C1)C2. The molecule has 22 heavy (non-hydrogen) atoms. The Morgan fingerprint density at radius 3 is 2.55 bits per heavy atom. The molecule has 116 valence electrons. The van der Waals surface area contributed by atoms with E-state index < -0.39 is 0 Å². The first kappa shape index (κ1) is 13.8. The molecule has 0 atom stereocenters. The van der Waals surface area contributed by atoms with Crippen LogP contribution in [0.3, 0.4) is 0 Å². The number of hydrogen-bond acceptors (Lipinski definition) is 6. The molecule has 1 heterocycles. The predicted molar refractivity (Wildman–Crippen MR) is 82.3 cm³/mol. The van der Waals surface area contributed by atoms with Crippen molar-refractivity contribution in [2.75, 3.05) is 10.6 Å². The Bertz CT molecular complexity index is 600. The second-order valence-electron chi connectivity index (χ2n) is 7.10. The third-order valence-corrected chi connectivity index (χ3v) is 5.36. The topological polar surface area (TPSA) is 93.9 Å². The Labute approximate surface area is 130 Å². The Hall–Kier alpha value is -1.87. The lowest BCUT2D eigenvalue weighted by Gasteiger charge is -2.62. The zero-order valence-corrected chi connectivity index (χ0v) is 12.5. The van der Waals surface area contributed by atoms with Crippen LogP contribution >= 0.6 is 0 Å². The largest absolute Gasteiger partial charge is 0.393 e. The third-order valence-electron chi connectivity index (χ3n) is 5.36. The van der Waals surface area contributed by atoms with Gasteiger partial charge in [0, 0.05) is 11.6 Å². The van der Waals surface area contributed by atoms with E-state index in [1.54, 1.807) is 6.20 Å². The molecule has 2 bridgehead atoms. The summed E-state index contributed by atoms with van der Waals surface area (Å²) in [5.41, 5.74) is 0.700. The summed E-state index contributed by atoms with van der Waals surface area (Å²) < 4.78 is 0. The summed E-state index contributed by atoms with van der Waals surface area (Å²) in [6.07, 6.45) is 8.54. The molecule has 0 aliphatic heterocycles. The van der Waals surface area contributed by atoms with Crippen LogP contribution in [0.15, 0.2) is 6.20 Å².